The molecule has 0 spiro atoms. The van der Waals surface area contributed by atoms with Crippen molar-refractivity contribution < 1.29 is 8.42 Å². The molecule has 0 aromatic heterocycles. The molecule has 0 bridgehead atoms. The van der Waals surface area contributed by atoms with Crippen molar-refractivity contribution in [3.8, 4) is 0 Å². The van der Waals surface area contributed by atoms with Crippen LogP contribution in [0.1, 0.15) is 34.1 Å². The molecule has 1 unspecified atom stereocenters. The van der Waals surface area contributed by atoms with E-state index < -0.39 is 10.0 Å². The topological polar surface area (TPSA) is 72.2 Å². The van der Waals surface area contributed by atoms with Crippen molar-refractivity contribution in [1.82, 2.24) is 4.72 Å². The van der Waals surface area contributed by atoms with Crippen LogP contribution in [0.2, 0.25) is 0 Å². The number of hydrogen-bond acceptors (Lipinski definition) is 3. The maximum atomic E-state index is 11.1. The van der Waals surface area contributed by atoms with Crippen molar-refractivity contribution in [3.63, 3.8) is 0 Å². The number of nitrogens with two attached hydrogens (primary N) is 1. The Kier molecular flexibility index (Phi) is 5.05. The van der Waals surface area contributed by atoms with Gasteiger partial charge in [-0.2, -0.15) is 0 Å². The summed E-state index contributed by atoms with van der Waals surface area (Å²) in [6.07, 6.45) is 0.805. The Morgan fingerprint density at radius 3 is 2.21 bits per heavy atom. The average molecular weight is 222 g/mol. The molecule has 0 rings (SSSR count). The van der Waals surface area contributed by atoms with Gasteiger partial charge in [0, 0.05) is 12.6 Å². The molecule has 0 aromatic rings. The van der Waals surface area contributed by atoms with Gasteiger partial charge in [-0.25, -0.2) is 13.1 Å². The summed E-state index contributed by atoms with van der Waals surface area (Å²) in [5, 5.41) is 0. The second-order valence-electron chi connectivity index (χ2n) is 4.78. The maximum Gasteiger partial charge on any atom is 0.211 e. The van der Waals surface area contributed by atoms with Gasteiger partial charge in [0.25, 0.3) is 0 Å². The van der Waals surface area contributed by atoms with Gasteiger partial charge in [-0.1, -0.05) is 20.8 Å². The molecule has 86 valence electrons. The zero-order chi connectivity index (χ0) is 11.4. The molecule has 0 fully saturated rings. The van der Waals surface area contributed by atoms with Gasteiger partial charge in [0.2, 0.25) is 10.0 Å². The molecule has 0 amide bonds. The Labute approximate surface area is 87.3 Å². The lowest BCUT2D eigenvalue weighted by molar-refractivity contribution is 0.338. The van der Waals surface area contributed by atoms with E-state index in [1.165, 1.54) is 0 Å². The summed E-state index contributed by atoms with van der Waals surface area (Å²) in [7, 11) is -3.10. The van der Waals surface area contributed by atoms with Crippen molar-refractivity contribution in [2.24, 2.45) is 11.1 Å². The van der Waals surface area contributed by atoms with Crippen molar-refractivity contribution in [2.75, 3.05) is 12.3 Å². The Bertz CT molecular complexity index is 254. The third kappa shape index (κ3) is 7.29. The molecular weight excluding hydrogens is 200 g/mol. The highest BCUT2D eigenvalue weighted by Crippen LogP contribution is 2.19. The van der Waals surface area contributed by atoms with Crippen molar-refractivity contribution in [1.29, 1.82) is 0 Å². The molecule has 5 heteroatoms. The summed E-state index contributed by atoms with van der Waals surface area (Å²) in [5.41, 5.74) is 5.93. The van der Waals surface area contributed by atoms with E-state index in [0.717, 1.165) is 6.42 Å². The summed E-state index contributed by atoms with van der Waals surface area (Å²) >= 11 is 0. The molecular formula is C9H22N2O2S. The van der Waals surface area contributed by atoms with Gasteiger partial charge < -0.3 is 5.73 Å². The molecule has 14 heavy (non-hydrogen) atoms. The first-order chi connectivity index (χ1) is 6.16. The lowest BCUT2D eigenvalue weighted by atomic mass is 9.88. The zero-order valence-corrected chi connectivity index (χ0v) is 10.3. The van der Waals surface area contributed by atoms with Crippen molar-refractivity contribution in [3.05, 3.63) is 0 Å². The molecule has 0 aliphatic rings. The summed E-state index contributed by atoms with van der Waals surface area (Å²) in [4.78, 5) is 0. The van der Waals surface area contributed by atoms with Crippen LogP contribution in [0.3, 0.4) is 0 Å². The quantitative estimate of drug-likeness (QED) is 0.719. The van der Waals surface area contributed by atoms with Gasteiger partial charge in [-0.3, -0.25) is 0 Å². The predicted molar refractivity (Wildman–Crippen MR) is 59.5 cm³/mol. The van der Waals surface area contributed by atoms with Gasteiger partial charge in [0.1, 0.15) is 0 Å². The third-order valence-electron chi connectivity index (χ3n) is 1.82. The minimum Gasteiger partial charge on any atom is -0.326 e. The lowest BCUT2D eigenvalue weighted by Gasteiger charge is -2.23. The van der Waals surface area contributed by atoms with Gasteiger partial charge in [0.15, 0.2) is 0 Å². The first kappa shape index (κ1) is 13.9. The van der Waals surface area contributed by atoms with Crippen LogP contribution in [0.4, 0.5) is 0 Å². The number of sulfonamides is 1. The van der Waals surface area contributed by atoms with Crippen LogP contribution in [0, 0.1) is 5.41 Å². The van der Waals surface area contributed by atoms with E-state index in [4.69, 9.17) is 5.73 Å². The Morgan fingerprint density at radius 2 is 1.86 bits per heavy atom. The minimum atomic E-state index is -3.10. The van der Waals surface area contributed by atoms with Crippen LogP contribution in [-0.2, 0) is 10.0 Å². The largest absolute Gasteiger partial charge is 0.326 e. The number of rotatable bonds is 5. The van der Waals surface area contributed by atoms with E-state index in [0.29, 0.717) is 6.54 Å². The van der Waals surface area contributed by atoms with Crippen LogP contribution in [0.15, 0.2) is 0 Å². The molecule has 4 nitrogen and oxygen atoms in total. The maximum absolute atomic E-state index is 11.1. The molecule has 0 saturated heterocycles. The highest BCUT2D eigenvalue weighted by atomic mass is 32.2. The van der Waals surface area contributed by atoms with Gasteiger partial charge in [0.05, 0.1) is 5.75 Å². The molecule has 3 N–H and O–H groups in total. The van der Waals surface area contributed by atoms with E-state index in [-0.39, 0.29) is 17.2 Å². The molecule has 0 aromatic carbocycles. The van der Waals surface area contributed by atoms with E-state index in [2.05, 4.69) is 25.5 Å². The molecule has 0 radical (unpaired) electrons. The summed E-state index contributed by atoms with van der Waals surface area (Å²) in [5.74, 6) is 0.106. The number of nitrogens with one attached hydrogen (secondary N) is 1. The normalized spacial score (nSPS) is 15.5. The van der Waals surface area contributed by atoms with Crippen molar-refractivity contribution in [2.45, 2.75) is 40.2 Å². The summed E-state index contributed by atoms with van der Waals surface area (Å²) in [6, 6.07) is -0.115. The average Bonchev–Trinajstić information content (AvgIpc) is 1.98. The van der Waals surface area contributed by atoms with Crippen LogP contribution in [0.5, 0.6) is 0 Å². The monoisotopic (exact) mass is 222 g/mol. The van der Waals surface area contributed by atoms with Crippen molar-refractivity contribution >= 4 is 10.0 Å². The SMILES string of the molecule is CCS(=O)(=O)NCC(N)CC(C)(C)C. The molecule has 1 atom stereocenters. The van der Waals surface area contributed by atoms with Crippen LogP contribution in [0.25, 0.3) is 0 Å². The molecule has 0 aliphatic heterocycles. The van der Waals surface area contributed by atoms with Crippen LogP contribution >= 0.6 is 0 Å². The van der Waals surface area contributed by atoms with E-state index in [1.54, 1.807) is 6.92 Å². The molecule has 0 aliphatic carbocycles. The van der Waals surface area contributed by atoms with E-state index >= 15 is 0 Å². The lowest BCUT2D eigenvalue weighted by Crippen LogP contribution is -2.39. The smallest absolute Gasteiger partial charge is 0.211 e. The van der Waals surface area contributed by atoms with E-state index in [9.17, 15) is 8.42 Å². The van der Waals surface area contributed by atoms with E-state index in [1.807, 2.05) is 0 Å². The fourth-order valence-electron chi connectivity index (χ4n) is 1.19. The minimum absolute atomic E-state index is 0.106. The first-order valence-electron chi connectivity index (χ1n) is 4.89. The van der Waals surface area contributed by atoms with Crippen LogP contribution < -0.4 is 10.5 Å². The zero-order valence-electron chi connectivity index (χ0n) is 9.50. The molecule has 0 heterocycles. The Morgan fingerprint density at radius 1 is 1.36 bits per heavy atom. The van der Waals surface area contributed by atoms with Gasteiger partial charge >= 0.3 is 0 Å². The highest BCUT2D eigenvalue weighted by molar-refractivity contribution is 7.89. The fourth-order valence-corrected chi connectivity index (χ4v) is 1.87. The Hall–Kier alpha value is -0.130. The van der Waals surface area contributed by atoms with Gasteiger partial charge in [-0.05, 0) is 18.8 Å². The fraction of sp³-hybridized carbons (Fsp3) is 1.00. The number of hydrogen-bond donors (Lipinski definition) is 2. The highest BCUT2D eigenvalue weighted by Gasteiger charge is 2.17. The second kappa shape index (κ2) is 5.09. The molecule has 0 saturated carbocycles. The van der Waals surface area contributed by atoms with Crippen LogP contribution in [-0.4, -0.2) is 26.8 Å². The third-order valence-corrected chi connectivity index (χ3v) is 3.19. The predicted octanol–water partition coefficient (Wildman–Crippen LogP) is 0.689. The second-order valence-corrected chi connectivity index (χ2v) is 6.87. The standard InChI is InChI=1S/C9H22N2O2S/c1-5-14(12,13)11-7-8(10)6-9(2,3)4/h8,11H,5-7,10H2,1-4H3. The van der Waals surface area contributed by atoms with Gasteiger partial charge in [-0.15, -0.1) is 0 Å². The Balaban J connectivity index is 3.93. The summed E-state index contributed by atoms with van der Waals surface area (Å²) < 4.78 is 24.7. The summed E-state index contributed by atoms with van der Waals surface area (Å²) in [6.45, 7) is 8.19. The first-order valence-corrected chi connectivity index (χ1v) is 6.54.